The molecule has 0 aliphatic carbocycles. The van der Waals surface area contributed by atoms with E-state index >= 15 is 0 Å². The summed E-state index contributed by atoms with van der Waals surface area (Å²) in [6, 6.07) is 8.41. The molecule has 0 saturated carbocycles. The quantitative estimate of drug-likeness (QED) is 0.635. The number of imidazole rings is 1. The molecule has 3 aromatic rings. The third kappa shape index (κ3) is 3.38. The highest BCUT2D eigenvalue weighted by Gasteiger charge is 2.15. The summed E-state index contributed by atoms with van der Waals surface area (Å²) in [5.41, 5.74) is 1.05. The van der Waals surface area contributed by atoms with Gasteiger partial charge in [-0.3, -0.25) is 4.40 Å². The zero-order chi connectivity index (χ0) is 14.8. The van der Waals surface area contributed by atoms with Crippen molar-refractivity contribution in [2.75, 3.05) is 0 Å². The SMILES string of the molecule is CC(C)NCc1c(Oc2cccc(I)c2)nc2sccn12. The van der Waals surface area contributed by atoms with Crippen molar-refractivity contribution < 1.29 is 4.74 Å². The Hall–Kier alpha value is -1.12. The second-order valence-electron chi connectivity index (χ2n) is 5.01. The molecule has 2 heterocycles. The first-order valence-corrected chi connectivity index (χ1v) is 8.70. The predicted molar refractivity (Wildman–Crippen MR) is 94.3 cm³/mol. The van der Waals surface area contributed by atoms with Crippen LogP contribution in [0.4, 0.5) is 0 Å². The van der Waals surface area contributed by atoms with Crippen molar-refractivity contribution in [1.82, 2.24) is 14.7 Å². The fourth-order valence-corrected chi connectivity index (χ4v) is 3.24. The highest BCUT2D eigenvalue weighted by Crippen LogP contribution is 2.28. The van der Waals surface area contributed by atoms with Crippen molar-refractivity contribution in [3.8, 4) is 11.6 Å². The van der Waals surface area contributed by atoms with Crippen LogP contribution in [0.2, 0.25) is 0 Å². The lowest BCUT2D eigenvalue weighted by Gasteiger charge is -2.10. The van der Waals surface area contributed by atoms with Gasteiger partial charge in [0.1, 0.15) is 11.4 Å². The van der Waals surface area contributed by atoms with E-state index in [0.29, 0.717) is 11.9 Å². The van der Waals surface area contributed by atoms with E-state index in [0.717, 1.165) is 26.5 Å². The van der Waals surface area contributed by atoms with Gasteiger partial charge in [-0.2, -0.15) is 4.98 Å². The van der Waals surface area contributed by atoms with Crippen molar-refractivity contribution >= 4 is 38.9 Å². The molecule has 6 heteroatoms. The molecule has 3 rings (SSSR count). The number of fused-ring (bicyclic) bond motifs is 1. The summed E-state index contributed by atoms with van der Waals surface area (Å²) in [5, 5.41) is 5.47. The molecule has 0 spiro atoms. The number of hydrogen-bond acceptors (Lipinski definition) is 4. The van der Waals surface area contributed by atoms with E-state index < -0.39 is 0 Å². The summed E-state index contributed by atoms with van der Waals surface area (Å²) in [6.07, 6.45) is 2.03. The van der Waals surface area contributed by atoms with Gasteiger partial charge in [-0.1, -0.05) is 19.9 Å². The number of benzene rings is 1. The molecule has 0 fully saturated rings. The van der Waals surface area contributed by atoms with Gasteiger partial charge in [-0.15, -0.1) is 11.3 Å². The van der Waals surface area contributed by atoms with Crippen LogP contribution >= 0.6 is 33.9 Å². The van der Waals surface area contributed by atoms with Crippen LogP contribution in [0, 0.1) is 3.57 Å². The minimum Gasteiger partial charge on any atom is -0.437 e. The number of thiazole rings is 1. The molecule has 0 bridgehead atoms. The maximum atomic E-state index is 6.00. The van der Waals surface area contributed by atoms with Crippen LogP contribution in [-0.4, -0.2) is 15.4 Å². The second kappa shape index (κ2) is 6.33. The van der Waals surface area contributed by atoms with E-state index in [1.54, 1.807) is 11.3 Å². The van der Waals surface area contributed by atoms with Gasteiger partial charge in [-0.25, -0.2) is 0 Å². The highest BCUT2D eigenvalue weighted by molar-refractivity contribution is 14.1. The van der Waals surface area contributed by atoms with Gasteiger partial charge in [0, 0.05) is 27.7 Å². The minimum atomic E-state index is 0.416. The molecular formula is C15H16IN3OS. The molecule has 0 saturated heterocycles. The number of nitrogens with one attached hydrogen (secondary N) is 1. The number of rotatable bonds is 5. The van der Waals surface area contributed by atoms with Crippen LogP contribution in [-0.2, 0) is 6.54 Å². The third-order valence-electron chi connectivity index (χ3n) is 3.01. The van der Waals surface area contributed by atoms with Crippen molar-refractivity contribution in [3.05, 3.63) is 45.1 Å². The standard InChI is InChI=1S/C15H16IN3OS/c1-10(2)17-9-13-14(18-15-19(13)6-7-21-15)20-12-5-3-4-11(16)8-12/h3-8,10,17H,9H2,1-2H3. The Morgan fingerprint density at radius 2 is 2.29 bits per heavy atom. The summed E-state index contributed by atoms with van der Waals surface area (Å²) in [7, 11) is 0. The lowest BCUT2D eigenvalue weighted by Crippen LogP contribution is -2.22. The molecule has 0 radical (unpaired) electrons. The Balaban J connectivity index is 1.93. The van der Waals surface area contributed by atoms with E-state index in [1.165, 1.54) is 0 Å². The van der Waals surface area contributed by atoms with Gasteiger partial charge in [0.15, 0.2) is 4.96 Å². The van der Waals surface area contributed by atoms with Crippen LogP contribution in [0.3, 0.4) is 0 Å². The topological polar surface area (TPSA) is 38.6 Å². The van der Waals surface area contributed by atoms with E-state index in [9.17, 15) is 0 Å². The minimum absolute atomic E-state index is 0.416. The van der Waals surface area contributed by atoms with Crippen LogP contribution in [0.25, 0.3) is 4.96 Å². The summed E-state index contributed by atoms with van der Waals surface area (Å²) < 4.78 is 9.23. The van der Waals surface area contributed by atoms with Crippen LogP contribution < -0.4 is 10.1 Å². The number of ether oxygens (including phenoxy) is 1. The molecule has 21 heavy (non-hydrogen) atoms. The summed E-state index contributed by atoms with van der Waals surface area (Å²) in [4.78, 5) is 5.55. The fourth-order valence-electron chi connectivity index (χ4n) is 2.00. The van der Waals surface area contributed by atoms with Crippen molar-refractivity contribution in [3.63, 3.8) is 0 Å². The lowest BCUT2D eigenvalue weighted by atomic mass is 10.3. The van der Waals surface area contributed by atoms with Gasteiger partial charge in [-0.05, 0) is 40.8 Å². The maximum absolute atomic E-state index is 6.00. The Morgan fingerprint density at radius 3 is 3.05 bits per heavy atom. The van der Waals surface area contributed by atoms with Crippen molar-refractivity contribution in [2.45, 2.75) is 26.4 Å². The van der Waals surface area contributed by atoms with E-state index in [4.69, 9.17) is 4.74 Å². The van der Waals surface area contributed by atoms with E-state index in [1.807, 2.05) is 35.8 Å². The molecule has 1 N–H and O–H groups in total. The Morgan fingerprint density at radius 1 is 1.43 bits per heavy atom. The van der Waals surface area contributed by atoms with E-state index in [2.05, 4.69) is 51.1 Å². The fraction of sp³-hybridized carbons (Fsp3) is 0.267. The number of halogens is 1. The zero-order valence-corrected chi connectivity index (χ0v) is 14.8. The Kier molecular flexibility index (Phi) is 4.46. The number of aromatic nitrogens is 2. The van der Waals surface area contributed by atoms with Gasteiger partial charge >= 0.3 is 0 Å². The lowest BCUT2D eigenvalue weighted by molar-refractivity contribution is 0.452. The average molecular weight is 413 g/mol. The monoisotopic (exact) mass is 413 g/mol. The third-order valence-corrected chi connectivity index (χ3v) is 4.44. The summed E-state index contributed by atoms with van der Waals surface area (Å²) >= 11 is 3.89. The summed E-state index contributed by atoms with van der Waals surface area (Å²) in [6.45, 7) is 4.99. The molecule has 0 unspecified atom stereocenters. The van der Waals surface area contributed by atoms with E-state index in [-0.39, 0.29) is 0 Å². The van der Waals surface area contributed by atoms with Gasteiger partial charge in [0.05, 0.1) is 0 Å². The molecule has 1 aromatic carbocycles. The Bertz CT molecular complexity index is 750. The summed E-state index contributed by atoms with van der Waals surface area (Å²) in [5.74, 6) is 1.50. The molecule has 0 atom stereocenters. The van der Waals surface area contributed by atoms with Gasteiger partial charge in [0.25, 0.3) is 0 Å². The highest BCUT2D eigenvalue weighted by atomic mass is 127. The maximum Gasteiger partial charge on any atom is 0.243 e. The van der Waals surface area contributed by atoms with Crippen LogP contribution in [0.5, 0.6) is 11.6 Å². The number of hydrogen-bond donors (Lipinski definition) is 1. The number of nitrogens with zero attached hydrogens (tertiary/aromatic N) is 2. The molecular weight excluding hydrogens is 397 g/mol. The molecule has 0 aliphatic rings. The zero-order valence-electron chi connectivity index (χ0n) is 11.8. The van der Waals surface area contributed by atoms with Crippen LogP contribution in [0.15, 0.2) is 35.8 Å². The first kappa shape index (κ1) is 14.8. The Labute approximate surface area is 141 Å². The average Bonchev–Trinajstić information content (AvgIpc) is 2.97. The molecule has 0 amide bonds. The first-order valence-electron chi connectivity index (χ1n) is 6.74. The van der Waals surface area contributed by atoms with Crippen molar-refractivity contribution in [2.24, 2.45) is 0 Å². The molecule has 2 aromatic heterocycles. The molecule has 4 nitrogen and oxygen atoms in total. The normalized spacial score (nSPS) is 11.4. The van der Waals surface area contributed by atoms with Gasteiger partial charge in [0.2, 0.25) is 5.88 Å². The first-order chi connectivity index (χ1) is 10.1. The second-order valence-corrected chi connectivity index (χ2v) is 7.13. The predicted octanol–water partition coefficient (Wildman–Crippen LogP) is 4.29. The molecule has 110 valence electrons. The van der Waals surface area contributed by atoms with Gasteiger partial charge < -0.3 is 10.1 Å². The van der Waals surface area contributed by atoms with Crippen molar-refractivity contribution in [1.29, 1.82) is 0 Å². The smallest absolute Gasteiger partial charge is 0.243 e. The van der Waals surface area contributed by atoms with Crippen LogP contribution in [0.1, 0.15) is 19.5 Å². The largest absolute Gasteiger partial charge is 0.437 e. The molecule has 0 aliphatic heterocycles.